The van der Waals surface area contributed by atoms with E-state index in [1.165, 1.54) is 10.6 Å². The number of aromatic nitrogens is 2. The first-order valence-electron chi connectivity index (χ1n) is 13.3. The first-order valence-corrected chi connectivity index (χ1v) is 15.6. The number of hydrogen-bond donors (Lipinski definition) is 3. The number of aryl methyl sites for hydroxylation is 2. The fourth-order valence-electron chi connectivity index (χ4n) is 4.65. The van der Waals surface area contributed by atoms with Crippen LogP contribution in [0.25, 0.3) is 16.6 Å². The summed E-state index contributed by atoms with van der Waals surface area (Å²) in [6.07, 6.45) is 1.00. The molecule has 0 aliphatic carbocycles. The molecule has 13 heteroatoms. The fraction of sp³-hybridized carbons (Fsp3) is 0.321. The molecule has 0 atom stereocenters. The molecule has 1 aliphatic heterocycles. The largest absolute Gasteiger partial charge is 0.385 e. The van der Waals surface area contributed by atoms with Crippen LogP contribution in [0.3, 0.4) is 0 Å². The number of sulfonamides is 1. The number of thiophene rings is 1. The Morgan fingerprint density at radius 1 is 1.02 bits per heavy atom. The van der Waals surface area contributed by atoms with Gasteiger partial charge in [-0.1, -0.05) is 0 Å². The van der Waals surface area contributed by atoms with Gasteiger partial charge in [-0.05, 0) is 81.4 Å². The molecule has 3 heterocycles. The smallest absolute Gasteiger partial charge is 0.333 e. The minimum Gasteiger partial charge on any atom is -0.385 e. The second-order valence-electron chi connectivity index (χ2n) is 9.74. The highest BCUT2D eigenvalue weighted by atomic mass is 32.2. The van der Waals surface area contributed by atoms with Crippen LogP contribution in [0, 0.1) is 13.8 Å². The summed E-state index contributed by atoms with van der Waals surface area (Å²) in [6.45, 7) is 8.91. The number of hydrogen-bond acceptors (Lipinski definition) is 9. The summed E-state index contributed by atoms with van der Waals surface area (Å²) in [4.78, 5) is 33.6. The topological polar surface area (TPSA) is 135 Å². The molecule has 11 nitrogen and oxygen atoms in total. The number of morpholine rings is 1. The van der Waals surface area contributed by atoms with E-state index in [-0.39, 0.29) is 9.77 Å². The maximum absolute atomic E-state index is 13.4. The summed E-state index contributed by atoms with van der Waals surface area (Å²) in [6, 6.07) is 14.3. The number of anilines is 2. The monoisotopic (exact) mass is 596 g/mol. The summed E-state index contributed by atoms with van der Waals surface area (Å²) in [7, 11) is -3.96. The van der Waals surface area contributed by atoms with Crippen LogP contribution in [-0.2, 0) is 14.8 Å². The van der Waals surface area contributed by atoms with Crippen molar-refractivity contribution in [3.05, 3.63) is 75.7 Å². The van der Waals surface area contributed by atoms with Crippen molar-refractivity contribution in [2.45, 2.75) is 24.5 Å². The number of rotatable bonds is 9. The van der Waals surface area contributed by atoms with E-state index in [0.29, 0.717) is 28.1 Å². The molecule has 41 heavy (non-hydrogen) atoms. The Kier molecular flexibility index (Phi) is 8.68. The molecule has 0 radical (unpaired) electrons. The van der Waals surface area contributed by atoms with Crippen LogP contribution in [-0.4, -0.2) is 68.3 Å². The summed E-state index contributed by atoms with van der Waals surface area (Å²) in [5.74, 6) is 0.516. The highest BCUT2D eigenvalue weighted by Crippen LogP contribution is 2.21. The molecule has 0 unspecified atom stereocenters. The number of nitrogens with zero attached hydrogens (tertiary/aromatic N) is 3. The number of ether oxygens (including phenoxy) is 1. The Morgan fingerprint density at radius 3 is 2.46 bits per heavy atom. The molecule has 5 rings (SSSR count). The average molecular weight is 597 g/mol. The Bertz CT molecular complexity index is 1710. The maximum atomic E-state index is 13.4. The van der Waals surface area contributed by atoms with Crippen molar-refractivity contribution in [2.24, 2.45) is 0 Å². The molecule has 1 aliphatic rings. The number of carbonyl (C=O) groups excluding carboxylic acids is 1. The average Bonchev–Trinajstić information content (AvgIpc) is 3.39. The van der Waals surface area contributed by atoms with E-state index in [9.17, 15) is 18.0 Å². The third kappa shape index (κ3) is 6.93. The van der Waals surface area contributed by atoms with Gasteiger partial charge in [0.2, 0.25) is 0 Å². The van der Waals surface area contributed by atoms with Crippen molar-refractivity contribution in [1.29, 1.82) is 0 Å². The Morgan fingerprint density at radius 2 is 1.76 bits per heavy atom. The highest BCUT2D eigenvalue weighted by molar-refractivity contribution is 7.92. The van der Waals surface area contributed by atoms with E-state index >= 15 is 0 Å². The molecule has 4 aromatic rings. The molecule has 3 N–H and O–H groups in total. The molecule has 216 valence electrons. The van der Waals surface area contributed by atoms with Gasteiger partial charge in [0.25, 0.3) is 15.6 Å². The zero-order valence-electron chi connectivity index (χ0n) is 22.8. The van der Waals surface area contributed by atoms with Crippen molar-refractivity contribution in [1.82, 2.24) is 19.2 Å². The molecule has 0 saturated carbocycles. The normalized spacial score (nSPS) is 14.2. The molecule has 2 amide bonds. The maximum Gasteiger partial charge on any atom is 0.333 e. The lowest BCUT2D eigenvalue weighted by molar-refractivity contribution is 0.0378. The SMILES string of the molecule is Cc1ccc(S(=O)(=O)NC(=O)Nc2ccc(-n3c(C)nc4cc(NCCCN5CCOCC5)ccc4c3=O)cc2)s1. The van der Waals surface area contributed by atoms with E-state index < -0.39 is 16.1 Å². The van der Waals surface area contributed by atoms with Crippen molar-refractivity contribution < 1.29 is 17.9 Å². The Hall–Kier alpha value is -3.78. The van der Waals surface area contributed by atoms with E-state index in [2.05, 4.69) is 20.5 Å². The summed E-state index contributed by atoms with van der Waals surface area (Å²) < 4.78 is 33.8. The third-order valence-electron chi connectivity index (χ3n) is 6.71. The molecule has 0 bridgehead atoms. The van der Waals surface area contributed by atoms with E-state index in [4.69, 9.17) is 4.74 Å². The Balaban J connectivity index is 1.24. The van der Waals surface area contributed by atoms with Crippen LogP contribution in [0.2, 0.25) is 0 Å². The van der Waals surface area contributed by atoms with Gasteiger partial charge in [0, 0.05) is 35.9 Å². The number of amides is 2. The first-order chi connectivity index (χ1) is 19.7. The van der Waals surface area contributed by atoms with Crippen LogP contribution in [0.15, 0.2) is 63.6 Å². The van der Waals surface area contributed by atoms with Gasteiger partial charge in [-0.3, -0.25) is 14.3 Å². The first kappa shape index (κ1) is 28.7. The van der Waals surface area contributed by atoms with Crippen LogP contribution < -0.4 is 20.9 Å². The van der Waals surface area contributed by atoms with Gasteiger partial charge in [0.15, 0.2) is 0 Å². The quantitative estimate of drug-likeness (QED) is 0.249. The molecule has 0 spiro atoms. The second-order valence-corrected chi connectivity index (χ2v) is 12.9. The predicted octanol–water partition coefficient (Wildman–Crippen LogP) is 3.71. The van der Waals surface area contributed by atoms with Crippen molar-refractivity contribution in [2.75, 3.05) is 50.0 Å². The van der Waals surface area contributed by atoms with Gasteiger partial charge in [0.1, 0.15) is 10.0 Å². The lowest BCUT2D eigenvalue weighted by Crippen LogP contribution is -2.37. The predicted molar refractivity (Wildman–Crippen MR) is 161 cm³/mol. The number of fused-ring (bicyclic) bond motifs is 1. The van der Waals surface area contributed by atoms with Gasteiger partial charge in [0.05, 0.1) is 29.8 Å². The minimum atomic E-state index is -3.96. The van der Waals surface area contributed by atoms with E-state index in [1.54, 1.807) is 50.2 Å². The number of carbonyl (C=O) groups is 1. The number of urea groups is 1. The standard InChI is InChI=1S/C28H32N6O5S2/c1-19-4-11-26(40-19)41(37,38)32-28(36)31-21-5-8-23(9-6-21)34-20(2)30-25-18-22(7-10-24(25)27(34)35)29-12-3-13-33-14-16-39-17-15-33/h4-11,18,29H,3,12-17H2,1-2H3,(H2,31,32,36). The molecule has 2 aromatic carbocycles. The van der Waals surface area contributed by atoms with E-state index in [0.717, 1.165) is 67.7 Å². The van der Waals surface area contributed by atoms with Gasteiger partial charge >= 0.3 is 6.03 Å². The third-order valence-corrected chi connectivity index (χ3v) is 9.54. The zero-order chi connectivity index (χ0) is 29.0. The van der Waals surface area contributed by atoms with Crippen molar-refractivity contribution in [3.8, 4) is 5.69 Å². The molecule has 2 aromatic heterocycles. The number of benzene rings is 2. The van der Waals surface area contributed by atoms with Crippen molar-refractivity contribution in [3.63, 3.8) is 0 Å². The fourth-order valence-corrected chi connectivity index (χ4v) is 6.84. The van der Waals surface area contributed by atoms with Crippen molar-refractivity contribution >= 4 is 49.7 Å². The van der Waals surface area contributed by atoms with Gasteiger partial charge in [-0.25, -0.2) is 22.9 Å². The van der Waals surface area contributed by atoms with Gasteiger partial charge < -0.3 is 15.4 Å². The van der Waals surface area contributed by atoms with Crippen LogP contribution >= 0.6 is 11.3 Å². The van der Waals surface area contributed by atoms with Gasteiger partial charge in [-0.15, -0.1) is 11.3 Å². The molecular weight excluding hydrogens is 564 g/mol. The summed E-state index contributed by atoms with van der Waals surface area (Å²) in [5, 5.41) is 6.43. The molecular formula is C28H32N6O5S2. The highest BCUT2D eigenvalue weighted by Gasteiger charge is 2.19. The van der Waals surface area contributed by atoms with Crippen LogP contribution in [0.5, 0.6) is 0 Å². The number of nitrogens with one attached hydrogen (secondary N) is 3. The lowest BCUT2D eigenvalue weighted by Gasteiger charge is -2.26. The van der Waals surface area contributed by atoms with Gasteiger partial charge in [-0.2, -0.15) is 0 Å². The molecule has 1 fully saturated rings. The zero-order valence-corrected chi connectivity index (χ0v) is 24.5. The summed E-state index contributed by atoms with van der Waals surface area (Å²) in [5.41, 5.74) is 2.25. The molecule has 1 saturated heterocycles. The second kappa shape index (κ2) is 12.4. The summed E-state index contributed by atoms with van der Waals surface area (Å²) >= 11 is 1.08. The lowest BCUT2D eigenvalue weighted by atomic mass is 10.2. The van der Waals surface area contributed by atoms with Crippen LogP contribution in [0.4, 0.5) is 16.2 Å². The minimum absolute atomic E-state index is 0.0610. The van der Waals surface area contributed by atoms with Crippen LogP contribution in [0.1, 0.15) is 17.1 Å². The van der Waals surface area contributed by atoms with E-state index in [1.807, 2.05) is 16.9 Å². The Labute approximate surface area is 242 Å².